The van der Waals surface area contributed by atoms with Gasteiger partial charge >= 0.3 is 5.97 Å². The maximum atomic E-state index is 12.0. The van der Waals surface area contributed by atoms with E-state index in [0.717, 1.165) is 19.3 Å². The summed E-state index contributed by atoms with van der Waals surface area (Å²) in [6, 6.07) is 0. The van der Waals surface area contributed by atoms with E-state index in [-0.39, 0.29) is 41.0 Å². The normalized spacial score (nSPS) is 19.3. The van der Waals surface area contributed by atoms with E-state index >= 15 is 0 Å². The van der Waals surface area contributed by atoms with E-state index in [1.807, 2.05) is 0 Å². The first kappa shape index (κ1) is 34.3. The predicted molar refractivity (Wildman–Crippen MR) is 159 cm³/mol. The zero-order valence-corrected chi connectivity index (χ0v) is 27.6. The number of halogens is 1. The highest BCUT2D eigenvalue weighted by atomic mass is 79.9. The molecule has 0 aromatic rings. The Balaban J connectivity index is 5.96. The lowest BCUT2D eigenvalue weighted by Gasteiger charge is -2.44. The Labute approximate surface area is 227 Å². The molecule has 0 aliphatic carbocycles. The molecule has 0 amide bonds. The summed E-state index contributed by atoms with van der Waals surface area (Å²) in [5.41, 5.74) is 1.24. The summed E-state index contributed by atoms with van der Waals surface area (Å²) in [7, 11) is -2.03. The molecule has 0 aliphatic rings. The molecule has 0 saturated carbocycles. The van der Waals surface area contributed by atoms with Crippen LogP contribution in [0.4, 0.5) is 0 Å². The first-order valence-electron chi connectivity index (χ1n) is 13.5. The number of ether oxygens (including phenoxy) is 1. The first-order chi connectivity index (χ1) is 16.0. The van der Waals surface area contributed by atoms with Crippen LogP contribution in [-0.2, 0) is 14.0 Å². The number of carbonyl (C=O) groups is 1. The lowest BCUT2D eigenvalue weighted by molar-refractivity contribution is -0.155. The van der Waals surface area contributed by atoms with Gasteiger partial charge in [0, 0.05) is 12.8 Å². The molecule has 35 heavy (non-hydrogen) atoms. The minimum absolute atomic E-state index is 0.0278. The van der Waals surface area contributed by atoms with Crippen LogP contribution in [0.2, 0.25) is 18.1 Å². The van der Waals surface area contributed by atoms with Crippen molar-refractivity contribution in [3.05, 3.63) is 34.4 Å². The van der Waals surface area contributed by atoms with Crippen molar-refractivity contribution < 1.29 is 14.0 Å². The van der Waals surface area contributed by atoms with Crippen molar-refractivity contribution in [2.75, 3.05) is 0 Å². The predicted octanol–water partition coefficient (Wildman–Crippen LogP) is 9.84. The molecule has 204 valence electrons. The van der Waals surface area contributed by atoms with Gasteiger partial charge in [0.25, 0.3) is 0 Å². The SMILES string of the molecule is CC/C(Br)=C/[C@H](C)C/C=C/C(C)=C/[C@@H](C)[C@@H](O[Si](C)(C)C(C)(C)C)[C@@H](C)[C@H](OC(C)=O)[C@@H](C)CC. The summed E-state index contributed by atoms with van der Waals surface area (Å²) >= 11 is 3.62. The lowest BCUT2D eigenvalue weighted by Crippen LogP contribution is -2.50. The van der Waals surface area contributed by atoms with Crippen LogP contribution in [0.1, 0.15) is 95.4 Å². The number of rotatable bonds is 14. The van der Waals surface area contributed by atoms with E-state index in [1.54, 1.807) is 0 Å². The molecule has 6 atom stereocenters. The van der Waals surface area contributed by atoms with E-state index in [9.17, 15) is 4.79 Å². The Morgan fingerprint density at radius 3 is 2.03 bits per heavy atom. The zero-order valence-electron chi connectivity index (χ0n) is 25.0. The standard InChI is InChI=1S/C30H55BrO3Si/c1-14-23(5)28(33-26(8)32)25(7)29(34-35(12,13)30(9,10)11)24(6)19-21(3)17-16-18-22(4)20-27(31)15-2/h16-17,19-20,22-25,28-29H,14-15,18H2,1-13H3/b17-16+,21-19+,27-20-/t22-,23+,24-,25+,28-,29-/m1/s1. The number of carbonyl (C=O) groups excluding carboxylic acids is 1. The largest absolute Gasteiger partial charge is 0.462 e. The van der Waals surface area contributed by atoms with E-state index in [4.69, 9.17) is 9.16 Å². The Morgan fingerprint density at radius 2 is 1.57 bits per heavy atom. The number of hydrogen-bond acceptors (Lipinski definition) is 3. The van der Waals surface area contributed by atoms with Crippen LogP contribution in [0.15, 0.2) is 34.4 Å². The van der Waals surface area contributed by atoms with Gasteiger partial charge in [-0.3, -0.25) is 4.79 Å². The highest BCUT2D eigenvalue weighted by Gasteiger charge is 2.43. The molecular weight excluding hydrogens is 516 g/mol. The molecule has 0 heterocycles. The van der Waals surface area contributed by atoms with E-state index in [0.29, 0.717) is 5.92 Å². The van der Waals surface area contributed by atoms with Gasteiger partial charge in [-0.15, -0.1) is 0 Å². The van der Waals surface area contributed by atoms with Crippen LogP contribution in [0.5, 0.6) is 0 Å². The van der Waals surface area contributed by atoms with Gasteiger partial charge in [-0.25, -0.2) is 0 Å². The van der Waals surface area contributed by atoms with Crippen molar-refractivity contribution >= 4 is 30.2 Å². The summed E-state index contributed by atoms with van der Waals surface area (Å²) < 4.78 is 14.2. The van der Waals surface area contributed by atoms with E-state index in [1.165, 1.54) is 17.0 Å². The summed E-state index contributed by atoms with van der Waals surface area (Å²) in [6.45, 7) is 28.3. The number of allylic oxidation sites excluding steroid dienone is 5. The van der Waals surface area contributed by atoms with Crippen LogP contribution in [0.25, 0.3) is 0 Å². The van der Waals surface area contributed by atoms with Gasteiger partial charge in [-0.2, -0.15) is 0 Å². The summed E-state index contributed by atoms with van der Waals surface area (Å²) in [4.78, 5) is 12.0. The van der Waals surface area contributed by atoms with Gasteiger partial charge in [-0.05, 0) is 60.1 Å². The lowest BCUT2D eigenvalue weighted by atomic mass is 9.82. The van der Waals surface area contributed by atoms with Crippen molar-refractivity contribution in [1.82, 2.24) is 0 Å². The first-order valence-corrected chi connectivity index (χ1v) is 17.2. The summed E-state index contributed by atoms with van der Waals surface area (Å²) in [6.07, 6.45) is 11.9. The number of esters is 1. The van der Waals surface area contributed by atoms with Gasteiger partial charge in [0.2, 0.25) is 0 Å². The van der Waals surface area contributed by atoms with Crippen LogP contribution >= 0.6 is 15.9 Å². The molecule has 0 aromatic heterocycles. The van der Waals surface area contributed by atoms with Crippen molar-refractivity contribution in [2.45, 2.75) is 126 Å². The molecule has 5 heteroatoms. The van der Waals surface area contributed by atoms with Crippen molar-refractivity contribution in [3.63, 3.8) is 0 Å². The summed E-state index contributed by atoms with van der Waals surface area (Å²) in [5.74, 6) is 0.836. The monoisotopic (exact) mass is 570 g/mol. The fourth-order valence-corrected chi connectivity index (χ4v) is 6.01. The Hall–Kier alpha value is -0.653. The molecule has 0 unspecified atom stereocenters. The highest BCUT2D eigenvalue weighted by molar-refractivity contribution is 9.11. The third-order valence-corrected chi connectivity index (χ3v) is 12.8. The fourth-order valence-electron chi connectivity index (χ4n) is 4.09. The van der Waals surface area contributed by atoms with Crippen LogP contribution in [-0.4, -0.2) is 26.5 Å². The van der Waals surface area contributed by atoms with Crippen molar-refractivity contribution in [2.24, 2.45) is 23.7 Å². The van der Waals surface area contributed by atoms with Gasteiger partial charge in [0.15, 0.2) is 8.32 Å². The molecule has 0 rings (SSSR count). The quantitative estimate of drug-likeness (QED) is 0.118. The molecule has 0 spiro atoms. The average Bonchev–Trinajstić information content (AvgIpc) is 2.73. The van der Waals surface area contributed by atoms with Crippen molar-refractivity contribution in [3.8, 4) is 0 Å². The van der Waals surface area contributed by atoms with Crippen molar-refractivity contribution in [1.29, 1.82) is 0 Å². The molecule has 3 nitrogen and oxygen atoms in total. The van der Waals surface area contributed by atoms with Gasteiger partial charge < -0.3 is 9.16 Å². The molecule has 0 bridgehead atoms. The van der Waals surface area contributed by atoms with Gasteiger partial charge in [-0.1, -0.05) is 115 Å². The fraction of sp³-hybridized carbons (Fsp3) is 0.767. The average molecular weight is 572 g/mol. The molecule has 0 N–H and O–H groups in total. The molecule has 0 fully saturated rings. The molecule has 0 radical (unpaired) electrons. The topological polar surface area (TPSA) is 35.5 Å². The minimum Gasteiger partial charge on any atom is -0.462 e. The maximum absolute atomic E-state index is 12.0. The second-order valence-corrected chi connectivity index (χ2v) is 17.8. The number of hydrogen-bond donors (Lipinski definition) is 0. The highest BCUT2D eigenvalue weighted by Crippen LogP contribution is 2.40. The second-order valence-electron chi connectivity index (χ2n) is 12.0. The molecule has 0 aromatic carbocycles. The maximum Gasteiger partial charge on any atom is 0.302 e. The Morgan fingerprint density at radius 1 is 1.00 bits per heavy atom. The minimum atomic E-state index is -2.03. The van der Waals surface area contributed by atoms with Gasteiger partial charge in [0.05, 0.1) is 6.10 Å². The van der Waals surface area contributed by atoms with Crippen LogP contribution in [0.3, 0.4) is 0 Å². The van der Waals surface area contributed by atoms with Gasteiger partial charge in [0.1, 0.15) is 6.10 Å². The third kappa shape index (κ3) is 12.4. The molecule has 0 aliphatic heterocycles. The van der Waals surface area contributed by atoms with E-state index < -0.39 is 8.32 Å². The second kappa shape index (κ2) is 15.6. The molecule has 0 saturated heterocycles. The van der Waals surface area contributed by atoms with E-state index in [2.05, 4.69) is 123 Å². The smallest absolute Gasteiger partial charge is 0.302 e. The van der Waals surface area contributed by atoms with Crippen LogP contribution in [0, 0.1) is 23.7 Å². The molecular formula is C30H55BrO3Si. The summed E-state index contributed by atoms with van der Waals surface area (Å²) in [5, 5.41) is 0.104. The van der Waals surface area contributed by atoms with Crippen LogP contribution < -0.4 is 0 Å². The Kier molecular flexibility index (Phi) is 15.3. The Bertz CT molecular complexity index is 732. The third-order valence-electron chi connectivity index (χ3n) is 7.52. The zero-order chi connectivity index (χ0) is 27.6.